The number of hydrogen-bond acceptors (Lipinski definition) is 4. The van der Waals surface area contributed by atoms with Gasteiger partial charge in [0.15, 0.2) is 0 Å². The Morgan fingerprint density at radius 1 is 1.19 bits per heavy atom. The number of anilines is 1. The molecule has 2 aliphatic rings. The summed E-state index contributed by atoms with van der Waals surface area (Å²) < 4.78 is 0. The van der Waals surface area contributed by atoms with Crippen molar-refractivity contribution < 1.29 is 14.4 Å². The molecule has 1 aliphatic carbocycles. The van der Waals surface area contributed by atoms with Crippen molar-refractivity contribution in [2.24, 2.45) is 5.73 Å². The van der Waals surface area contributed by atoms with Gasteiger partial charge in [-0.05, 0) is 56.4 Å². The van der Waals surface area contributed by atoms with E-state index in [1.165, 1.54) is 0 Å². The summed E-state index contributed by atoms with van der Waals surface area (Å²) in [4.78, 5) is 35.7. The molecule has 7 nitrogen and oxygen atoms in total. The van der Waals surface area contributed by atoms with E-state index in [0.717, 1.165) is 36.9 Å². The lowest BCUT2D eigenvalue weighted by Gasteiger charge is -2.30. The van der Waals surface area contributed by atoms with Crippen molar-refractivity contribution in [1.82, 2.24) is 10.6 Å². The maximum Gasteiger partial charge on any atom is 0.251 e. The van der Waals surface area contributed by atoms with Gasteiger partial charge in [-0.3, -0.25) is 14.4 Å². The summed E-state index contributed by atoms with van der Waals surface area (Å²) in [7, 11) is 0. The molecule has 1 fully saturated rings. The van der Waals surface area contributed by atoms with Gasteiger partial charge in [0.25, 0.3) is 5.91 Å². The van der Waals surface area contributed by atoms with Gasteiger partial charge in [0.05, 0.1) is 6.42 Å². The fraction of sp³-hybridized carbons (Fsp3) is 0.526. The van der Waals surface area contributed by atoms with Crippen LogP contribution in [0.15, 0.2) is 18.2 Å². The molecule has 1 unspecified atom stereocenters. The highest BCUT2D eigenvalue weighted by Gasteiger charge is 2.25. The van der Waals surface area contributed by atoms with Gasteiger partial charge in [0.1, 0.15) is 0 Å². The third kappa shape index (κ3) is 4.60. The molecule has 1 atom stereocenters. The van der Waals surface area contributed by atoms with E-state index in [4.69, 9.17) is 5.73 Å². The van der Waals surface area contributed by atoms with Crippen LogP contribution in [0, 0.1) is 0 Å². The first kappa shape index (κ1) is 18.4. The number of hydrogen-bond donors (Lipinski definition) is 4. The van der Waals surface area contributed by atoms with Crippen molar-refractivity contribution in [2.75, 3.05) is 5.32 Å². The third-order valence-electron chi connectivity index (χ3n) is 4.93. The molecule has 1 aliphatic heterocycles. The molecule has 7 heteroatoms. The summed E-state index contributed by atoms with van der Waals surface area (Å²) >= 11 is 0. The molecule has 140 valence electrons. The van der Waals surface area contributed by atoms with Crippen molar-refractivity contribution in [1.29, 1.82) is 0 Å². The van der Waals surface area contributed by atoms with Crippen LogP contribution in [0.4, 0.5) is 5.69 Å². The molecule has 26 heavy (non-hydrogen) atoms. The highest BCUT2D eigenvalue weighted by molar-refractivity contribution is 6.01. The maximum atomic E-state index is 12.5. The van der Waals surface area contributed by atoms with E-state index in [1.54, 1.807) is 18.2 Å². The van der Waals surface area contributed by atoms with Crippen LogP contribution in [0.5, 0.6) is 0 Å². The summed E-state index contributed by atoms with van der Waals surface area (Å²) in [5.41, 5.74) is 7.87. The van der Waals surface area contributed by atoms with Crippen LogP contribution in [-0.4, -0.2) is 35.8 Å². The van der Waals surface area contributed by atoms with Crippen molar-refractivity contribution in [3.05, 3.63) is 29.3 Å². The molecule has 3 amide bonds. The molecule has 5 N–H and O–H groups in total. The monoisotopic (exact) mass is 358 g/mol. The number of fused-ring (bicyclic) bond motifs is 1. The Hall–Kier alpha value is -2.41. The minimum absolute atomic E-state index is 0.00576. The molecule has 1 saturated carbocycles. The Bertz CT molecular complexity index is 709. The quantitative estimate of drug-likeness (QED) is 0.630. The summed E-state index contributed by atoms with van der Waals surface area (Å²) in [6, 6.07) is 5.43. The molecule has 0 saturated heterocycles. The average molecular weight is 358 g/mol. The van der Waals surface area contributed by atoms with E-state index < -0.39 is 0 Å². The largest absolute Gasteiger partial charge is 0.353 e. The maximum absolute atomic E-state index is 12.5. The van der Waals surface area contributed by atoms with Crippen LogP contribution in [-0.2, 0) is 16.0 Å². The predicted octanol–water partition coefficient (Wildman–Crippen LogP) is 1.08. The van der Waals surface area contributed by atoms with Gasteiger partial charge < -0.3 is 21.7 Å². The van der Waals surface area contributed by atoms with Crippen LogP contribution in [0.1, 0.15) is 54.9 Å². The van der Waals surface area contributed by atoms with E-state index in [0.29, 0.717) is 18.4 Å². The van der Waals surface area contributed by atoms with Crippen molar-refractivity contribution >= 4 is 23.4 Å². The van der Waals surface area contributed by atoms with Gasteiger partial charge in [-0.25, -0.2) is 0 Å². The number of nitrogens with one attached hydrogen (secondary N) is 3. The van der Waals surface area contributed by atoms with E-state index >= 15 is 0 Å². The van der Waals surface area contributed by atoms with Gasteiger partial charge in [0.2, 0.25) is 11.8 Å². The number of amides is 3. The zero-order valence-corrected chi connectivity index (χ0v) is 15.0. The van der Waals surface area contributed by atoms with E-state index in [2.05, 4.69) is 16.0 Å². The summed E-state index contributed by atoms with van der Waals surface area (Å²) in [5.74, 6) is -0.160. The topological polar surface area (TPSA) is 113 Å². The van der Waals surface area contributed by atoms with Crippen LogP contribution in [0.25, 0.3) is 0 Å². The predicted molar refractivity (Wildman–Crippen MR) is 98.7 cm³/mol. The normalized spacial score (nSPS) is 22.9. The summed E-state index contributed by atoms with van der Waals surface area (Å²) in [5, 5.41) is 8.85. The average Bonchev–Trinajstić information content (AvgIpc) is 2.95. The van der Waals surface area contributed by atoms with Crippen molar-refractivity contribution in [2.45, 2.75) is 63.6 Å². The number of rotatable bonds is 5. The SMILES string of the molecule is CC(N)CC(=O)N[C@H]1CC[C@H](NC(=O)c2ccc3c(c2)CC(=O)N3)CC1. The molecular formula is C19H26N4O3. The molecule has 0 aromatic heterocycles. The molecule has 1 aromatic carbocycles. The van der Waals surface area contributed by atoms with Crippen LogP contribution in [0.3, 0.4) is 0 Å². The zero-order chi connectivity index (χ0) is 18.7. The van der Waals surface area contributed by atoms with Crippen LogP contribution < -0.4 is 21.7 Å². The lowest BCUT2D eigenvalue weighted by Crippen LogP contribution is -2.44. The van der Waals surface area contributed by atoms with E-state index in [1.807, 2.05) is 6.92 Å². The minimum atomic E-state index is -0.136. The van der Waals surface area contributed by atoms with Crippen molar-refractivity contribution in [3.63, 3.8) is 0 Å². The number of carbonyl (C=O) groups excluding carboxylic acids is 3. The molecule has 0 spiro atoms. The second-order valence-corrected chi connectivity index (χ2v) is 7.37. The molecule has 3 rings (SSSR count). The van der Waals surface area contributed by atoms with Crippen molar-refractivity contribution in [3.8, 4) is 0 Å². The fourth-order valence-corrected chi connectivity index (χ4v) is 3.60. The van der Waals surface area contributed by atoms with Gasteiger partial charge in [-0.2, -0.15) is 0 Å². The number of carbonyl (C=O) groups is 3. The highest BCUT2D eigenvalue weighted by atomic mass is 16.2. The molecular weight excluding hydrogens is 332 g/mol. The Morgan fingerprint density at radius 2 is 1.85 bits per heavy atom. The second kappa shape index (κ2) is 7.86. The third-order valence-corrected chi connectivity index (χ3v) is 4.93. The standard InChI is InChI=1S/C19H26N4O3/c1-11(20)8-17(24)21-14-3-5-15(6-4-14)22-19(26)12-2-7-16-13(9-12)10-18(25)23-16/h2,7,9,11,14-15H,3-6,8,10,20H2,1H3,(H,21,24)(H,22,26)(H,23,25)/t11?,14-,15-. The van der Waals surface area contributed by atoms with Crippen LogP contribution >= 0.6 is 0 Å². The van der Waals surface area contributed by atoms with Gasteiger partial charge >= 0.3 is 0 Å². The first-order chi connectivity index (χ1) is 12.4. The first-order valence-corrected chi connectivity index (χ1v) is 9.19. The lowest BCUT2D eigenvalue weighted by atomic mass is 9.90. The molecule has 0 radical (unpaired) electrons. The minimum Gasteiger partial charge on any atom is -0.353 e. The molecule has 0 bridgehead atoms. The number of benzene rings is 1. The molecule has 1 aromatic rings. The Labute approximate surface area is 153 Å². The lowest BCUT2D eigenvalue weighted by molar-refractivity contribution is -0.122. The van der Waals surface area contributed by atoms with E-state index in [9.17, 15) is 14.4 Å². The van der Waals surface area contributed by atoms with Gasteiger partial charge in [-0.15, -0.1) is 0 Å². The fourth-order valence-electron chi connectivity index (χ4n) is 3.60. The first-order valence-electron chi connectivity index (χ1n) is 9.19. The summed E-state index contributed by atoms with van der Waals surface area (Å²) in [6.07, 6.45) is 4.02. The highest BCUT2D eigenvalue weighted by Crippen LogP contribution is 2.24. The zero-order valence-electron chi connectivity index (χ0n) is 15.0. The Kier molecular flexibility index (Phi) is 5.56. The van der Waals surface area contributed by atoms with E-state index in [-0.39, 0.29) is 35.8 Å². The van der Waals surface area contributed by atoms with Gasteiger partial charge in [-0.1, -0.05) is 0 Å². The summed E-state index contributed by atoms with van der Waals surface area (Å²) in [6.45, 7) is 1.82. The number of nitrogens with two attached hydrogens (primary N) is 1. The van der Waals surface area contributed by atoms with Crippen LogP contribution in [0.2, 0.25) is 0 Å². The van der Waals surface area contributed by atoms with Gasteiger partial charge in [0, 0.05) is 35.8 Å². The Morgan fingerprint density at radius 3 is 2.50 bits per heavy atom. The molecule has 1 heterocycles. The second-order valence-electron chi connectivity index (χ2n) is 7.37. The smallest absolute Gasteiger partial charge is 0.251 e. The Balaban J connectivity index is 1.47.